The Balaban J connectivity index is 0.00000180. The number of nitrogens with zero attached hydrogens (tertiary/aromatic N) is 2. The minimum atomic E-state index is -0.366. The van der Waals surface area contributed by atoms with Gasteiger partial charge in [-0.15, -0.1) is 12.4 Å². The van der Waals surface area contributed by atoms with Crippen molar-refractivity contribution in [3.05, 3.63) is 39.9 Å². The number of non-ortho nitro benzene ring substituents is 1. The van der Waals surface area contributed by atoms with Gasteiger partial charge in [-0.1, -0.05) is 12.1 Å². The molecule has 1 unspecified atom stereocenters. The second-order valence-corrected chi connectivity index (χ2v) is 4.74. The van der Waals surface area contributed by atoms with Crippen LogP contribution in [0.5, 0.6) is 0 Å². The molecule has 1 atom stereocenters. The van der Waals surface area contributed by atoms with Gasteiger partial charge in [0.05, 0.1) is 4.92 Å². The van der Waals surface area contributed by atoms with E-state index in [2.05, 4.69) is 4.90 Å². The Bertz CT molecular complexity index is 411. The Morgan fingerprint density at radius 2 is 2.05 bits per heavy atom. The van der Waals surface area contributed by atoms with Gasteiger partial charge in [0.25, 0.3) is 5.69 Å². The molecule has 0 saturated carbocycles. The van der Waals surface area contributed by atoms with Gasteiger partial charge >= 0.3 is 0 Å². The molecule has 0 aromatic heterocycles. The number of hydrogen-bond donors (Lipinski definition) is 1. The van der Waals surface area contributed by atoms with Crippen LogP contribution in [0.2, 0.25) is 0 Å². The Morgan fingerprint density at radius 3 is 2.63 bits per heavy atom. The van der Waals surface area contributed by atoms with Crippen LogP contribution in [-0.2, 0) is 6.42 Å². The summed E-state index contributed by atoms with van der Waals surface area (Å²) in [6.45, 7) is 2.83. The van der Waals surface area contributed by atoms with E-state index in [-0.39, 0.29) is 23.0 Å². The van der Waals surface area contributed by atoms with Crippen LogP contribution >= 0.6 is 12.4 Å². The largest absolute Gasteiger partial charge is 0.329 e. The number of likely N-dealkylation sites (tertiary alicyclic amines) is 1. The van der Waals surface area contributed by atoms with Gasteiger partial charge in [-0.05, 0) is 31.4 Å². The molecule has 19 heavy (non-hydrogen) atoms. The van der Waals surface area contributed by atoms with Crippen LogP contribution < -0.4 is 5.73 Å². The van der Waals surface area contributed by atoms with Gasteiger partial charge in [-0.25, -0.2) is 0 Å². The lowest BCUT2D eigenvalue weighted by Gasteiger charge is -2.22. The second-order valence-electron chi connectivity index (χ2n) is 4.74. The van der Waals surface area contributed by atoms with E-state index in [1.165, 1.54) is 12.8 Å². The smallest absolute Gasteiger partial charge is 0.269 e. The summed E-state index contributed by atoms with van der Waals surface area (Å²) >= 11 is 0. The molecule has 1 aliphatic heterocycles. The molecular weight excluding hydrogens is 266 g/mol. The van der Waals surface area contributed by atoms with Gasteiger partial charge in [0.15, 0.2) is 0 Å². The fraction of sp³-hybridized carbons (Fsp3) is 0.538. The van der Waals surface area contributed by atoms with Gasteiger partial charge < -0.3 is 5.73 Å². The maximum Gasteiger partial charge on any atom is 0.269 e. The summed E-state index contributed by atoms with van der Waals surface area (Å²) < 4.78 is 0. The molecule has 2 rings (SSSR count). The normalized spacial score (nSPS) is 19.1. The van der Waals surface area contributed by atoms with Crippen molar-refractivity contribution >= 4 is 18.1 Å². The topological polar surface area (TPSA) is 72.4 Å². The van der Waals surface area contributed by atoms with Gasteiger partial charge in [0.2, 0.25) is 0 Å². The molecule has 106 valence electrons. The fourth-order valence-corrected chi connectivity index (χ4v) is 2.51. The average molecular weight is 286 g/mol. The van der Waals surface area contributed by atoms with Gasteiger partial charge in [0, 0.05) is 31.3 Å². The van der Waals surface area contributed by atoms with Gasteiger partial charge in [-0.2, -0.15) is 0 Å². The molecule has 0 aliphatic carbocycles. The molecule has 1 aliphatic rings. The van der Waals surface area contributed by atoms with Crippen LogP contribution in [0.1, 0.15) is 18.4 Å². The zero-order valence-corrected chi connectivity index (χ0v) is 11.6. The number of hydrogen-bond acceptors (Lipinski definition) is 4. The summed E-state index contributed by atoms with van der Waals surface area (Å²) in [5.41, 5.74) is 7.02. The van der Waals surface area contributed by atoms with E-state index in [1.54, 1.807) is 12.1 Å². The lowest BCUT2D eigenvalue weighted by atomic mass is 10.1. The lowest BCUT2D eigenvalue weighted by molar-refractivity contribution is -0.384. The number of nitrogens with two attached hydrogens (primary N) is 1. The maximum atomic E-state index is 10.5. The van der Waals surface area contributed by atoms with Crippen LogP contribution in [-0.4, -0.2) is 35.5 Å². The number of rotatable bonds is 5. The maximum absolute atomic E-state index is 10.5. The molecule has 2 N–H and O–H groups in total. The first-order chi connectivity index (χ1) is 8.70. The highest BCUT2D eigenvalue weighted by atomic mass is 35.5. The van der Waals surface area contributed by atoms with Crippen LogP contribution in [0.4, 0.5) is 5.69 Å². The Hall–Kier alpha value is -1.17. The number of nitro benzene ring substituents is 1. The van der Waals surface area contributed by atoms with Gasteiger partial charge in [-0.3, -0.25) is 15.0 Å². The van der Waals surface area contributed by atoms with Crippen molar-refractivity contribution < 1.29 is 4.92 Å². The van der Waals surface area contributed by atoms with Crippen LogP contribution in [0, 0.1) is 10.1 Å². The van der Waals surface area contributed by atoms with Crippen molar-refractivity contribution in [1.29, 1.82) is 0 Å². The summed E-state index contributed by atoms with van der Waals surface area (Å²) in [5.74, 6) is 0. The molecule has 1 aromatic carbocycles. The van der Waals surface area contributed by atoms with Crippen molar-refractivity contribution in [2.75, 3.05) is 19.6 Å². The molecule has 0 spiro atoms. The zero-order valence-electron chi connectivity index (χ0n) is 10.8. The molecule has 1 fully saturated rings. The van der Waals surface area contributed by atoms with Crippen molar-refractivity contribution in [3.8, 4) is 0 Å². The first-order valence-electron chi connectivity index (χ1n) is 6.38. The third-order valence-corrected chi connectivity index (χ3v) is 3.61. The van der Waals surface area contributed by atoms with E-state index in [1.807, 2.05) is 12.1 Å². The van der Waals surface area contributed by atoms with E-state index in [0.29, 0.717) is 6.04 Å². The highest BCUT2D eigenvalue weighted by molar-refractivity contribution is 5.85. The quantitative estimate of drug-likeness (QED) is 0.663. The van der Waals surface area contributed by atoms with Crippen LogP contribution in [0.15, 0.2) is 24.3 Å². The Kier molecular flexibility index (Phi) is 6.21. The number of benzene rings is 1. The van der Waals surface area contributed by atoms with Crippen molar-refractivity contribution in [2.24, 2.45) is 5.73 Å². The standard InChI is InChI=1S/C13H19N3O2.ClH/c14-10-13-2-1-8-15(13)9-7-11-3-5-12(6-4-11)16(17)18;/h3-6,13H,1-2,7-10,14H2;1H. The second kappa shape index (κ2) is 7.43. The fourth-order valence-electron chi connectivity index (χ4n) is 2.51. The predicted molar refractivity (Wildman–Crippen MR) is 77.7 cm³/mol. The third kappa shape index (κ3) is 4.16. The molecule has 6 heteroatoms. The van der Waals surface area contributed by atoms with E-state index in [4.69, 9.17) is 5.73 Å². The summed E-state index contributed by atoms with van der Waals surface area (Å²) in [7, 11) is 0. The van der Waals surface area contributed by atoms with Crippen molar-refractivity contribution in [2.45, 2.75) is 25.3 Å². The molecule has 0 amide bonds. The Labute approximate surface area is 119 Å². The third-order valence-electron chi connectivity index (χ3n) is 3.61. The number of halogens is 1. The minimum absolute atomic E-state index is 0. The highest BCUT2D eigenvalue weighted by Crippen LogP contribution is 2.17. The van der Waals surface area contributed by atoms with E-state index in [9.17, 15) is 10.1 Å². The lowest BCUT2D eigenvalue weighted by Crippen LogP contribution is -2.36. The Morgan fingerprint density at radius 1 is 1.37 bits per heavy atom. The minimum Gasteiger partial charge on any atom is -0.329 e. The first-order valence-corrected chi connectivity index (χ1v) is 6.38. The summed E-state index contributed by atoms with van der Waals surface area (Å²) in [6, 6.07) is 7.33. The number of nitro groups is 1. The van der Waals surface area contributed by atoms with Crippen molar-refractivity contribution in [3.63, 3.8) is 0 Å². The monoisotopic (exact) mass is 285 g/mol. The first kappa shape index (κ1) is 15.9. The summed E-state index contributed by atoms with van der Waals surface area (Å²) in [4.78, 5) is 12.6. The summed E-state index contributed by atoms with van der Waals surface area (Å²) in [6.07, 6.45) is 3.34. The van der Waals surface area contributed by atoms with Crippen molar-refractivity contribution in [1.82, 2.24) is 4.90 Å². The van der Waals surface area contributed by atoms with E-state index >= 15 is 0 Å². The van der Waals surface area contributed by atoms with E-state index < -0.39 is 0 Å². The molecular formula is C13H20ClN3O2. The SMILES string of the molecule is Cl.NCC1CCCN1CCc1ccc([N+](=O)[O-])cc1. The molecule has 1 heterocycles. The van der Waals surface area contributed by atoms with E-state index in [0.717, 1.165) is 31.6 Å². The van der Waals surface area contributed by atoms with Gasteiger partial charge in [0.1, 0.15) is 0 Å². The molecule has 5 nitrogen and oxygen atoms in total. The average Bonchev–Trinajstić information content (AvgIpc) is 2.84. The zero-order chi connectivity index (χ0) is 13.0. The molecule has 1 saturated heterocycles. The van der Waals surface area contributed by atoms with Crippen LogP contribution in [0.25, 0.3) is 0 Å². The highest BCUT2D eigenvalue weighted by Gasteiger charge is 2.22. The molecule has 0 radical (unpaired) electrons. The molecule has 1 aromatic rings. The predicted octanol–water partition coefficient (Wildman–Crippen LogP) is 1.98. The molecule has 0 bridgehead atoms. The van der Waals surface area contributed by atoms with Crippen LogP contribution in [0.3, 0.4) is 0 Å². The summed E-state index contributed by atoms with van der Waals surface area (Å²) in [5, 5.41) is 10.5.